The van der Waals surface area contributed by atoms with Crippen LogP contribution in [0.3, 0.4) is 0 Å². The van der Waals surface area contributed by atoms with Crippen LogP contribution in [0.1, 0.15) is 5.56 Å². The van der Waals surface area contributed by atoms with E-state index in [1.54, 1.807) is 18.2 Å². The number of methoxy groups -OCH3 is 3. The van der Waals surface area contributed by atoms with Crippen LogP contribution in [-0.4, -0.2) is 41.7 Å². The van der Waals surface area contributed by atoms with E-state index in [1.165, 1.54) is 37.5 Å². The SMILES string of the molecule is COC(=O)C(=Cc1cc(I)c(OS(=O)(=O)c2ccccc2)c(OC)c1)C(=O)OC. The third-order valence-electron chi connectivity index (χ3n) is 3.60. The van der Waals surface area contributed by atoms with E-state index in [-0.39, 0.29) is 22.0 Å². The van der Waals surface area contributed by atoms with Gasteiger partial charge in [-0.15, -0.1) is 0 Å². The fourth-order valence-electron chi connectivity index (χ4n) is 2.24. The Morgan fingerprint density at radius 2 is 1.55 bits per heavy atom. The Morgan fingerprint density at radius 1 is 0.966 bits per heavy atom. The van der Waals surface area contributed by atoms with E-state index in [0.29, 0.717) is 9.13 Å². The molecule has 10 heteroatoms. The summed E-state index contributed by atoms with van der Waals surface area (Å²) < 4.78 is 45.1. The second-order valence-electron chi connectivity index (χ2n) is 5.43. The van der Waals surface area contributed by atoms with E-state index in [1.807, 2.05) is 22.6 Å². The normalized spacial score (nSPS) is 10.6. The zero-order chi connectivity index (χ0) is 21.6. The first kappa shape index (κ1) is 22.7. The molecule has 0 atom stereocenters. The lowest BCUT2D eigenvalue weighted by Crippen LogP contribution is -2.15. The van der Waals surface area contributed by atoms with Crippen molar-refractivity contribution in [2.24, 2.45) is 0 Å². The van der Waals surface area contributed by atoms with Crippen molar-refractivity contribution in [2.45, 2.75) is 4.90 Å². The molecular weight excluding hydrogens is 515 g/mol. The first-order chi connectivity index (χ1) is 13.7. The fraction of sp³-hybridized carbons (Fsp3) is 0.158. The van der Waals surface area contributed by atoms with Crippen LogP contribution in [0.4, 0.5) is 0 Å². The molecule has 0 saturated carbocycles. The van der Waals surface area contributed by atoms with E-state index < -0.39 is 22.1 Å². The van der Waals surface area contributed by atoms with Crippen LogP contribution < -0.4 is 8.92 Å². The Labute approximate surface area is 181 Å². The van der Waals surface area contributed by atoms with Gasteiger partial charge in [-0.2, -0.15) is 8.42 Å². The van der Waals surface area contributed by atoms with Gasteiger partial charge >= 0.3 is 22.1 Å². The molecule has 0 unspecified atom stereocenters. The minimum Gasteiger partial charge on any atom is -0.493 e. The lowest BCUT2D eigenvalue weighted by Gasteiger charge is -2.14. The number of rotatable bonds is 7. The van der Waals surface area contributed by atoms with E-state index in [9.17, 15) is 18.0 Å². The number of hydrogen-bond acceptors (Lipinski definition) is 8. The standard InChI is InChI=1S/C19H17IO8S/c1-25-16-11-12(9-14(18(21)26-2)19(22)27-3)10-15(20)17(16)28-29(23,24)13-7-5-4-6-8-13/h4-11H,1-3H3. The maximum Gasteiger partial charge on any atom is 0.345 e. The highest BCUT2D eigenvalue weighted by atomic mass is 127. The maximum absolute atomic E-state index is 12.5. The minimum atomic E-state index is -4.09. The highest BCUT2D eigenvalue weighted by molar-refractivity contribution is 14.1. The summed E-state index contributed by atoms with van der Waals surface area (Å²) in [5.74, 6) is -1.68. The van der Waals surface area contributed by atoms with Crippen LogP contribution in [0.2, 0.25) is 0 Å². The lowest BCUT2D eigenvalue weighted by atomic mass is 10.1. The quantitative estimate of drug-likeness (QED) is 0.134. The number of carbonyl (C=O) groups excluding carboxylic acids is 2. The van der Waals surface area contributed by atoms with Gasteiger partial charge in [0.05, 0.1) is 24.9 Å². The predicted molar refractivity (Wildman–Crippen MR) is 112 cm³/mol. The molecule has 0 N–H and O–H groups in total. The van der Waals surface area contributed by atoms with Crippen molar-refractivity contribution in [2.75, 3.05) is 21.3 Å². The number of benzene rings is 2. The van der Waals surface area contributed by atoms with Gasteiger partial charge in [0, 0.05) is 0 Å². The molecule has 0 aliphatic carbocycles. The van der Waals surface area contributed by atoms with Gasteiger partial charge in [0.25, 0.3) is 0 Å². The smallest absolute Gasteiger partial charge is 0.345 e. The van der Waals surface area contributed by atoms with Gasteiger partial charge in [-0.1, -0.05) is 18.2 Å². The van der Waals surface area contributed by atoms with Gasteiger partial charge in [-0.25, -0.2) is 9.59 Å². The highest BCUT2D eigenvalue weighted by Gasteiger charge is 2.23. The Kier molecular flexibility index (Phi) is 7.62. The lowest BCUT2D eigenvalue weighted by molar-refractivity contribution is -0.143. The summed E-state index contributed by atoms with van der Waals surface area (Å²) >= 11 is 1.86. The molecule has 0 amide bonds. The molecule has 0 fully saturated rings. The maximum atomic E-state index is 12.5. The van der Waals surface area contributed by atoms with Crippen LogP contribution in [0.15, 0.2) is 52.9 Å². The van der Waals surface area contributed by atoms with Gasteiger partial charge < -0.3 is 18.4 Å². The Bertz CT molecular complexity index is 1030. The summed E-state index contributed by atoms with van der Waals surface area (Å²) in [6, 6.07) is 10.6. The van der Waals surface area contributed by atoms with Crippen molar-refractivity contribution in [3.63, 3.8) is 0 Å². The second-order valence-corrected chi connectivity index (χ2v) is 8.13. The molecule has 2 rings (SSSR count). The molecule has 154 valence electrons. The molecule has 0 bridgehead atoms. The van der Waals surface area contributed by atoms with Gasteiger partial charge in [-0.05, 0) is 58.5 Å². The van der Waals surface area contributed by atoms with E-state index in [0.717, 1.165) is 14.2 Å². The molecule has 0 aromatic heterocycles. The van der Waals surface area contributed by atoms with Crippen molar-refractivity contribution in [3.05, 3.63) is 57.2 Å². The third-order valence-corrected chi connectivity index (χ3v) is 5.64. The van der Waals surface area contributed by atoms with Crippen LogP contribution in [0.25, 0.3) is 6.08 Å². The number of halogens is 1. The third kappa shape index (κ3) is 5.48. The summed E-state index contributed by atoms with van der Waals surface area (Å²) in [6.07, 6.45) is 1.25. The molecule has 0 spiro atoms. The van der Waals surface area contributed by atoms with Gasteiger partial charge in [-0.3, -0.25) is 0 Å². The van der Waals surface area contributed by atoms with E-state index in [4.69, 9.17) is 8.92 Å². The van der Waals surface area contributed by atoms with Crippen molar-refractivity contribution in [3.8, 4) is 11.5 Å². The minimum absolute atomic E-state index is 0.0134. The average molecular weight is 532 g/mol. The summed E-state index contributed by atoms with van der Waals surface area (Å²) in [5.41, 5.74) is 0.0416. The molecule has 8 nitrogen and oxygen atoms in total. The zero-order valence-corrected chi connectivity index (χ0v) is 18.6. The topological polar surface area (TPSA) is 105 Å². The van der Waals surface area contributed by atoms with Crippen molar-refractivity contribution in [1.29, 1.82) is 0 Å². The average Bonchev–Trinajstić information content (AvgIpc) is 2.73. The molecule has 2 aromatic rings. The number of carbonyl (C=O) groups is 2. The van der Waals surface area contributed by atoms with Crippen molar-refractivity contribution < 1.29 is 36.4 Å². The van der Waals surface area contributed by atoms with Crippen molar-refractivity contribution >= 4 is 50.7 Å². The molecule has 2 aromatic carbocycles. The first-order valence-electron chi connectivity index (χ1n) is 7.99. The Hall–Kier alpha value is -2.60. The van der Waals surface area contributed by atoms with Crippen molar-refractivity contribution in [1.82, 2.24) is 0 Å². The summed E-state index contributed by atoms with van der Waals surface area (Å²) in [6.45, 7) is 0. The van der Waals surface area contributed by atoms with Crippen LogP contribution in [0, 0.1) is 3.57 Å². The van der Waals surface area contributed by atoms with E-state index in [2.05, 4.69) is 9.47 Å². The van der Waals surface area contributed by atoms with Crippen LogP contribution >= 0.6 is 22.6 Å². The summed E-state index contributed by atoms with van der Waals surface area (Å²) in [4.78, 5) is 23.7. The van der Waals surface area contributed by atoms with Crippen LogP contribution in [0.5, 0.6) is 11.5 Å². The fourth-order valence-corrected chi connectivity index (χ4v) is 4.10. The summed E-state index contributed by atoms with van der Waals surface area (Å²) in [7, 11) is -0.484. The van der Waals surface area contributed by atoms with Crippen LogP contribution in [-0.2, 0) is 29.2 Å². The predicted octanol–water partition coefficient (Wildman–Crippen LogP) is 2.80. The molecule has 0 aliphatic rings. The molecule has 29 heavy (non-hydrogen) atoms. The van der Waals surface area contributed by atoms with Gasteiger partial charge in [0.2, 0.25) is 0 Å². The van der Waals surface area contributed by atoms with E-state index >= 15 is 0 Å². The number of ether oxygens (including phenoxy) is 3. The number of hydrogen-bond donors (Lipinski definition) is 0. The molecule has 0 aliphatic heterocycles. The molecule has 0 radical (unpaired) electrons. The first-order valence-corrected chi connectivity index (χ1v) is 10.5. The summed E-state index contributed by atoms with van der Waals surface area (Å²) in [5, 5.41) is 0. The van der Waals surface area contributed by atoms with Gasteiger partial charge in [0.15, 0.2) is 11.5 Å². The monoisotopic (exact) mass is 532 g/mol. The Morgan fingerprint density at radius 3 is 2.07 bits per heavy atom. The highest BCUT2D eigenvalue weighted by Crippen LogP contribution is 2.36. The number of esters is 2. The largest absolute Gasteiger partial charge is 0.493 e. The second kappa shape index (κ2) is 9.74. The Balaban J connectivity index is 2.50. The van der Waals surface area contributed by atoms with Gasteiger partial charge in [0.1, 0.15) is 10.5 Å². The zero-order valence-electron chi connectivity index (χ0n) is 15.7. The molecule has 0 saturated heterocycles. The molecule has 0 heterocycles. The molecular formula is C19H17IO8S.